The predicted octanol–water partition coefficient (Wildman–Crippen LogP) is 1.88. The number of nitrogens with zero attached hydrogens (tertiary/aromatic N) is 1. The van der Waals surface area contributed by atoms with Crippen LogP contribution in [-0.2, 0) is 9.53 Å². The molecule has 1 N–H and O–H groups in total. The van der Waals surface area contributed by atoms with Gasteiger partial charge in [-0.2, -0.15) is 0 Å². The van der Waals surface area contributed by atoms with Crippen LogP contribution >= 0.6 is 15.9 Å². The fourth-order valence-electron chi connectivity index (χ4n) is 2.33. The number of esters is 1. The lowest BCUT2D eigenvalue weighted by atomic mass is 10.0. The van der Waals surface area contributed by atoms with E-state index in [9.17, 15) is 4.79 Å². The summed E-state index contributed by atoms with van der Waals surface area (Å²) in [6, 6.07) is 5.73. The minimum atomic E-state index is -0.316. The maximum atomic E-state index is 12.1. The maximum absolute atomic E-state index is 12.1. The fourth-order valence-corrected chi connectivity index (χ4v) is 2.72. The Morgan fingerprint density at radius 3 is 2.68 bits per heavy atom. The van der Waals surface area contributed by atoms with Crippen molar-refractivity contribution in [2.24, 2.45) is 0 Å². The molecule has 104 valence electrons. The summed E-state index contributed by atoms with van der Waals surface area (Å²) < 4.78 is 6.00. The zero-order valence-electron chi connectivity index (χ0n) is 11.3. The molecule has 1 atom stereocenters. The Hall–Kier alpha value is -0.910. The Bertz CT molecular complexity index is 459. The van der Waals surface area contributed by atoms with Crippen LogP contribution in [0.25, 0.3) is 0 Å². The van der Waals surface area contributed by atoms with Gasteiger partial charge in [-0.05, 0) is 24.1 Å². The van der Waals surface area contributed by atoms with Gasteiger partial charge in [0, 0.05) is 30.7 Å². The third kappa shape index (κ3) is 3.35. The molecule has 0 bridgehead atoms. The molecule has 1 unspecified atom stereocenters. The molecule has 1 aromatic carbocycles. The Morgan fingerprint density at radius 1 is 1.42 bits per heavy atom. The van der Waals surface area contributed by atoms with Gasteiger partial charge in [0.25, 0.3) is 0 Å². The molecule has 1 aliphatic heterocycles. The van der Waals surface area contributed by atoms with Crippen molar-refractivity contribution in [3.05, 3.63) is 33.8 Å². The summed E-state index contributed by atoms with van der Waals surface area (Å²) in [5.74, 6) is -0.197. The lowest BCUT2D eigenvalue weighted by Gasteiger charge is -2.33. The van der Waals surface area contributed by atoms with Gasteiger partial charge in [-0.15, -0.1) is 0 Å². The second kappa shape index (κ2) is 6.50. The summed E-state index contributed by atoms with van der Waals surface area (Å²) >= 11 is 3.53. The Kier molecular flexibility index (Phi) is 4.96. The zero-order valence-corrected chi connectivity index (χ0v) is 12.9. The molecule has 1 saturated heterocycles. The number of carbonyl (C=O) groups is 1. The molecule has 2 rings (SSSR count). The van der Waals surface area contributed by atoms with E-state index in [1.807, 2.05) is 25.1 Å². The topological polar surface area (TPSA) is 41.6 Å². The van der Waals surface area contributed by atoms with Crippen LogP contribution in [0, 0.1) is 6.92 Å². The van der Waals surface area contributed by atoms with Crippen LogP contribution < -0.4 is 5.32 Å². The largest absolute Gasteiger partial charge is 0.468 e. The van der Waals surface area contributed by atoms with Gasteiger partial charge >= 0.3 is 5.97 Å². The summed E-state index contributed by atoms with van der Waals surface area (Å²) in [5.41, 5.74) is 2.14. The molecule has 0 aliphatic carbocycles. The van der Waals surface area contributed by atoms with E-state index in [4.69, 9.17) is 4.74 Å². The number of halogens is 1. The number of hydrogen-bond donors (Lipinski definition) is 1. The number of nitrogens with one attached hydrogen (secondary N) is 1. The van der Waals surface area contributed by atoms with Crippen molar-refractivity contribution >= 4 is 21.9 Å². The lowest BCUT2D eigenvalue weighted by Crippen LogP contribution is -2.47. The number of piperazine rings is 1. The Morgan fingerprint density at radius 2 is 2.11 bits per heavy atom. The van der Waals surface area contributed by atoms with Crippen molar-refractivity contribution in [1.82, 2.24) is 10.2 Å². The summed E-state index contributed by atoms with van der Waals surface area (Å²) in [7, 11) is 1.45. The highest BCUT2D eigenvalue weighted by atomic mass is 79.9. The molecule has 0 saturated carbocycles. The van der Waals surface area contributed by atoms with Crippen molar-refractivity contribution in [2.75, 3.05) is 33.3 Å². The van der Waals surface area contributed by atoms with Crippen LogP contribution in [0.3, 0.4) is 0 Å². The standard InChI is InChI=1S/C14H19BrN2O2/c1-10-3-4-11(9-12(10)15)13(14(18)19-2)17-7-5-16-6-8-17/h3-4,9,13,16H,5-8H2,1-2H3. The van der Waals surface area contributed by atoms with E-state index < -0.39 is 0 Å². The zero-order chi connectivity index (χ0) is 13.8. The van der Waals surface area contributed by atoms with E-state index in [1.54, 1.807) is 0 Å². The summed E-state index contributed by atoms with van der Waals surface area (Å²) in [4.78, 5) is 14.3. The number of rotatable bonds is 3. The minimum absolute atomic E-state index is 0.197. The first-order valence-electron chi connectivity index (χ1n) is 6.42. The van der Waals surface area contributed by atoms with Crippen LogP contribution in [-0.4, -0.2) is 44.2 Å². The second-order valence-electron chi connectivity index (χ2n) is 4.72. The molecular weight excluding hydrogens is 308 g/mol. The van der Waals surface area contributed by atoms with Gasteiger partial charge in [0.05, 0.1) is 7.11 Å². The van der Waals surface area contributed by atoms with Gasteiger partial charge in [0.15, 0.2) is 0 Å². The SMILES string of the molecule is COC(=O)C(c1ccc(C)c(Br)c1)N1CCNCC1. The normalized spacial score (nSPS) is 18.1. The van der Waals surface area contributed by atoms with Crippen molar-refractivity contribution in [1.29, 1.82) is 0 Å². The first-order chi connectivity index (χ1) is 9.13. The second-order valence-corrected chi connectivity index (χ2v) is 5.57. The van der Waals surface area contributed by atoms with Crippen LogP contribution in [0.15, 0.2) is 22.7 Å². The first kappa shape index (κ1) is 14.5. The van der Waals surface area contributed by atoms with E-state index in [2.05, 4.69) is 26.1 Å². The number of ether oxygens (including phenoxy) is 1. The van der Waals surface area contributed by atoms with Crippen LogP contribution in [0.1, 0.15) is 17.2 Å². The van der Waals surface area contributed by atoms with Crippen molar-refractivity contribution in [3.63, 3.8) is 0 Å². The molecule has 0 spiro atoms. The van der Waals surface area contributed by atoms with Crippen LogP contribution in [0.5, 0.6) is 0 Å². The minimum Gasteiger partial charge on any atom is -0.468 e. The van der Waals surface area contributed by atoms with E-state index in [1.165, 1.54) is 7.11 Å². The molecule has 0 amide bonds. The van der Waals surface area contributed by atoms with E-state index in [0.29, 0.717) is 0 Å². The van der Waals surface area contributed by atoms with Gasteiger partial charge in [0.1, 0.15) is 6.04 Å². The Labute approximate surface area is 122 Å². The van der Waals surface area contributed by atoms with Crippen LogP contribution in [0.4, 0.5) is 0 Å². The average molecular weight is 327 g/mol. The third-order valence-electron chi connectivity index (χ3n) is 3.45. The smallest absolute Gasteiger partial charge is 0.327 e. The van der Waals surface area contributed by atoms with E-state index in [-0.39, 0.29) is 12.0 Å². The van der Waals surface area contributed by atoms with Gasteiger partial charge in [-0.3, -0.25) is 4.90 Å². The molecule has 1 aromatic rings. The lowest BCUT2D eigenvalue weighted by molar-refractivity contribution is -0.147. The highest BCUT2D eigenvalue weighted by molar-refractivity contribution is 9.10. The molecule has 1 heterocycles. The summed E-state index contributed by atoms with van der Waals surface area (Å²) in [6.45, 7) is 5.55. The highest BCUT2D eigenvalue weighted by Crippen LogP contribution is 2.27. The quantitative estimate of drug-likeness (QED) is 0.861. The van der Waals surface area contributed by atoms with Gasteiger partial charge in [-0.1, -0.05) is 28.1 Å². The monoisotopic (exact) mass is 326 g/mol. The average Bonchev–Trinajstić information content (AvgIpc) is 2.44. The molecule has 0 radical (unpaired) electrons. The summed E-state index contributed by atoms with van der Waals surface area (Å²) in [6.07, 6.45) is 0. The van der Waals surface area contributed by atoms with E-state index in [0.717, 1.165) is 41.8 Å². The number of hydrogen-bond acceptors (Lipinski definition) is 4. The van der Waals surface area contributed by atoms with Crippen LogP contribution in [0.2, 0.25) is 0 Å². The molecule has 4 nitrogen and oxygen atoms in total. The van der Waals surface area contributed by atoms with Crippen molar-refractivity contribution in [2.45, 2.75) is 13.0 Å². The molecule has 19 heavy (non-hydrogen) atoms. The van der Waals surface area contributed by atoms with E-state index >= 15 is 0 Å². The molecule has 1 fully saturated rings. The van der Waals surface area contributed by atoms with Gasteiger partial charge < -0.3 is 10.1 Å². The maximum Gasteiger partial charge on any atom is 0.327 e. The molecule has 1 aliphatic rings. The molecule has 0 aromatic heterocycles. The highest BCUT2D eigenvalue weighted by Gasteiger charge is 2.29. The van der Waals surface area contributed by atoms with Crippen molar-refractivity contribution < 1.29 is 9.53 Å². The molecule has 5 heteroatoms. The number of carbonyl (C=O) groups excluding carboxylic acids is 1. The van der Waals surface area contributed by atoms with Crippen molar-refractivity contribution in [3.8, 4) is 0 Å². The molecular formula is C14H19BrN2O2. The summed E-state index contributed by atoms with van der Waals surface area (Å²) in [5, 5.41) is 3.30. The van der Waals surface area contributed by atoms with Gasteiger partial charge in [-0.25, -0.2) is 4.79 Å². The van der Waals surface area contributed by atoms with Gasteiger partial charge in [0.2, 0.25) is 0 Å². The Balaban J connectivity index is 2.30. The number of methoxy groups -OCH3 is 1. The predicted molar refractivity (Wildman–Crippen MR) is 78.1 cm³/mol. The first-order valence-corrected chi connectivity index (χ1v) is 7.21. The third-order valence-corrected chi connectivity index (χ3v) is 4.31. The number of benzene rings is 1. The number of aryl methyl sites for hydroxylation is 1. The fraction of sp³-hybridized carbons (Fsp3) is 0.500.